The minimum Gasteiger partial charge on any atom is -0.368 e. The number of hydrogen-bond donors (Lipinski definition) is 5. The molecule has 0 saturated heterocycles. The predicted octanol–water partition coefficient (Wildman–Crippen LogP) is 0.942. The highest BCUT2D eigenvalue weighted by atomic mass is 32.2. The molecule has 13 nitrogen and oxygen atoms in total. The third-order valence-corrected chi connectivity index (χ3v) is 7.50. The van der Waals surface area contributed by atoms with Crippen molar-refractivity contribution in [2.45, 2.75) is 55.6 Å². The summed E-state index contributed by atoms with van der Waals surface area (Å²) in [5.74, 6) is -3.93. The minimum atomic E-state index is -1.11. The molecule has 0 unspecified atom stereocenters. The van der Waals surface area contributed by atoms with Gasteiger partial charge in [0.2, 0.25) is 23.6 Å². The van der Waals surface area contributed by atoms with Gasteiger partial charge in [0.05, 0.1) is 16.2 Å². The van der Waals surface area contributed by atoms with E-state index in [9.17, 15) is 38.5 Å². The van der Waals surface area contributed by atoms with Gasteiger partial charge < -0.3 is 27.0 Å². The standard InChI is InChI=1S/C27H31FN6O7S/c1-15-25(37)33-19(24(29)36)7-2-3-10-30-27(39)20(32-23(35)12-16-5-4-6-18(28)11-16)14-42-22-9-8-17(26(38)31-15)13-21(22)34(40)41/h4-6,8-9,11,13,15,19-20H,2-3,7,10,12,14H2,1H3,(H2,29,36)(H,30,39)(H,31,38)(H,32,35)(H,33,37)/t15-,19-,20-/m1/s1. The topological polar surface area (TPSA) is 203 Å². The Hall–Kier alpha value is -4.53. The summed E-state index contributed by atoms with van der Waals surface area (Å²) in [4.78, 5) is 74.3. The van der Waals surface area contributed by atoms with E-state index in [0.29, 0.717) is 18.4 Å². The van der Waals surface area contributed by atoms with Gasteiger partial charge in [0.25, 0.3) is 11.6 Å². The number of amides is 5. The van der Waals surface area contributed by atoms with Gasteiger partial charge in [-0.3, -0.25) is 34.1 Å². The van der Waals surface area contributed by atoms with Crippen molar-refractivity contribution in [3.8, 4) is 0 Å². The number of hydrogen-bond acceptors (Lipinski definition) is 8. The van der Waals surface area contributed by atoms with Crippen molar-refractivity contribution >= 4 is 47.0 Å². The van der Waals surface area contributed by atoms with Crippen LogP contribution >= 0.6 is 11.8 Å². The fourth-order valence-corrected chi connectivity index (χ4v) is 5.12. The first kappa shape index (κ1) is 32.0. The van der Waals surface area contributed by atoms with Crippen molar-refractivity contribution in [3.63, 3.8) is 0 Å². The summed E-state index contributed by atoms with van der Waals surface area (Å²) in [6, 6.07) is 5.94. The van der Waals surface area contributed by atoms with E-state index in [-0.39, 0.29) is 35.6 Å². The molecule has 0 aliphatic carbocycles. The molecule has 0 saturated carbocycles. The van der Waals surface area contributed by atoms with E-state index in [1.807, 2.05) is 0 Å². The zero-order chi connectivity index (χ0) is 30.8. The van der Waals surface area contributed by atoms with Gasteiger partial charge in [0.1, 0.15) is 23.9 Å². The van der Waals surface area contributed by atoms with Crippen LogP contribution in [0.5, 0.6) is 0 Å². The molecule has 42 heavy (non-hydrogen) atoms. The molecule has 0 spiro atoms. The summed E-state index contributed by atoms with van der Waals surface area (Å²) in [7, 11) is 0. The summed E-state index contributed by atoms with van der Waals surface area (Å²) >= 11 is 0.935. The van der Waals surface area contributed by atoms with E-state index in [1.54, 1.807) is 6.07 Å². The van der Waals surface area contributed by atoms with Gasteiger partial charge in [-0.2, -0.15) is 0 Å². The monoisotopic (exact) mass is 602 g/mol. The molecular formula is C27H31FN6O7S. The molecule has 2 aromatic carbocycles. The van der Waals surface area contributed by atoms with Crippen LogP contribution in [-0.4, -0.2) is 64.9 Å². The number of halogens is 1. The lowest BCUT2D eigenvalue weighted by Crippen LogP contribution is -2.51. The minimum absolute atomic E-state index is 0.0900. The lowest BCUT2D eigenvalue weighted by molar-refractivity contribution is -0.387. The summed E-state index contributed by atoms with van der Waals surface area (Å²) in [6.07, 6.45) is 0.779. The second kappa shape index (κ2) is 14.9. The lowest BCUT2D eigenvalue weighted by atomic mass is 10.1. The van der Waals surface area contributed by atoms with Crippen molar-refractivity contribution in [1.82, 2.24) is 21.3 Å². The average Bonchev–Trinajstić information content (AvgIpc) is 2.93. The Kier molecular flexibility index (Phi) is 11.4. The van der Waals surface area contributed by atoms with Crippen molar-refractivity contribution in [2.24, 2.45) is 5.73 Å². The maximum absolute atomic E-state index is 13.6. The number of nitro groups is 1. The van der Waals surface area contributed by atoms with E-state index in [2.05, 4.69) is 21.3 Å². The van der Waals surface area contributed by atoms with Gasteiger partial charge in [-0.1, -0.05) is 12.1 Å². The second-order valence-electron chi connectivity index (χ2n) is 9.62. The van der Waals surface area contributed by atoms with Gasteiger partial charge in [-0.25, -0.2) is 4.39 Å². The molecule has 5 amide bonds. The molecule has 3 atom stereocenters. The predicted molar refractivity (Wildman–Crippen MR) is 151 cm³/mol. The van der Waals surface area contributed by atoms with E-state index < -0.39 is 64.1 Å². The molecule has 0 fully saturated rings. The van der Waals surface area contributed by atoms with Crippen molar-refractivity contribution in [2.75, 3.05) is 12.3 Å². The second-order valence-corrected chi connectivity index (χ2v) is 10.7. The molecule has 0 radical (unpaired) electrons. The molecule has 2 aliphatic rings. The molecular weight excluding hydrogens is 571 g/mol. The maximum Gasteiger partial charge on any atom is 0.283 e. The van der Waals surface area contributed by atoms with Crippen LogP contribution in [0.25, 0.3) is 0 Å². The van der Waals surface area contributed by atoms with E-state index in [4.69, 9.17) is 5.73 Å². The van der Waals surface area contributed by atoms with E-state index in [1.165, 1.54) is 37.3 Å². The highest BCUT2D eigenvalue weighted by molar-refractivity contribution is 7.99. The number of carbonyl (C=O) groups is 5. The van der Waals surface area contributed by atoms with Gasteiger partial charge >= 0.3 is 0 Å². The average molecular weight is 603 g/mol. The molecule has 2 heterocycles. The van der Waals surface area contributed by atoms with Gasteiger partial charge in [0, 0.05) is 23.9 Å². The largest absolute Gasteiger partial charge is 0.368 e. The molecule has 15 heteroatoms. The zero-order valence-electron chi connectivity index (χ0n) is 22.7. The summed E-state index contributed by atoms with van der Waals surface area (Å²) in [6.45, 7) is 1.56. The molecule has 2 aromatic rings. The first-order valence-electron chi connectivity index (χ1n) is 13.1. The number of benzene rings is 2. The van der Waals surface area contributed by atoms with Crippen LogP contribution in [0.3, 0.4) is 0 Å². The lowest BCUT2D eigenvalue weighted by Gasteiger charge is -2.20. The van der Waals surface area contributed by atoms with E-state index in [0.717, 1.165) is 17.8 Å². The Morgan fingerprint density at radius 1 is 1.12 bits per heavy atom. The summed E-state index contributed by atoms with van der Waals surface area (Å²) < 4.78 is 13.6. The summed E-state index contributed by atoms with van der Waals surface area (Å²) in [5.41, 5.74) is 5.31. The summed E-state index contributed by atoms with van der Waals surface area (Å²) in [5, 5.41) is 22.1. The Morgan fingerprint density at radius 2 is 1.88 bits per heavy atom. The number of rotatable bonds is 5. The fraction of sp³-hybridized carbons (Fsp3) is 0.370. The number of fused-ring (bicyclic) bond motifs is 16. The highest BCUT2D eigenvalue weighted by Crippen LogP contribution is 2.31. The number of nitrogens with one attached hydrogen (secondary N) is 4. The van der Waals surface area contributed by atoms with Crippen LogP contribution in [0.15, 0.2) is 47.4 Å². The highest BCUT2D eigenvalue weighted by Gasteiger charge is 2.27. The van der Waals surface area contributed by atoms with Crippen LogP contribution in [0.2, 0.25) is 0 Å². The third kappa shape index (κ3) is 9.26. The van der Waals surface area contributed by atoms with Gasteiger partial charge in [0.15, 0.2) is 0 Å². The SMILES string of the molecule is C[C@H]1NC(=O)c2ccc(c([N+](=O)[O-])c2)SC[C@@H](NC(=O)Cc2cccc(F)c2)C(=O)NCCCC[C@H](C(N)=O)NC1=O. The fourth-order valence-electron chi connectivity index (χ4n) is 4.09. The Balaban J connectivity index is 1.86. The molecule has 2 bridgehead atoms. The van der Waals surface area contributed by atoms with Crippen LogP contribution in [0, 0.1) is 15.9 Å². The van der Waals surface area contributed by atoms with Crippen molar-refractivity contribution in [1.29, 1.82) is 0 Å². The zero-order valence-corrected chi connectivity index (χ0v) is 23.5. The van der Waals surface area contributed by atoms with Crippen LogP contribution in [-0.2, 0) is 25.6 Å². The quantitative estimate of drug-likeness (QED) is 0.246. The third-order valence-electron chi connectivity index (χ3n) is 6.35. The molecule has 0 aromatic heterocycles. The normalized spacial score (nSPS) is 20.6. The molecule has 224 valence electrons. The number of nitro benzene ring substituents is 1. The molecule has 6 N–H and O–H groups in total. The van der Waals surface area contributed by atoms with Crippen LogP contribution < -0.4 is 27.0 Å². The number of carbonyl (C=O) groups excluding carboxylic acids is 5. The molecule has 2 aliphatic heterocycles. The van der Waals surface area contributed by atoms with Crippen molar-refractivity contribution in [3.05, 3.63) is 69.5 Å². The maximum atomic E-state index is 13.6. The number of nitrogens with two attached hydrogens (primary N) is 1. The first-order valence-corrected chi connectivity index (χ1v) is 14.1. The van der Waals surface area contributed by atoms with Gasteiger partial charge in [-0.05, 0) is 56.0 Å². The van der Waals surface area contributed by atoms with Gasteiger partial charge in [-0.15, -0.1) is 11.8 Å². The van der Waals surface area contributed by atoms with Crippen LogP contribution in [0.4, 0.5) is 10.1 Å². The number of nitrogens with zero attached hydrogens (tertiary/aromatic N) is 1. The van der Waals surface area contributed by atoms with Crippen molar-refractivity contribution < 1.29 is 33.3 Å². The molecule has 4 rings (SSSR count). The number of thioether (sulfide) groups is 1. The Labute approximate surface area is 244 Å². The smallest absolute Gasteiger partial charge is 0.283 e. The van der Waals surface area contributed by atoms with E-state index >= 15 is 0 Å². The first-order chi connectivity index (χ1) is 19.9. The van der Waals surface area contributed by atoms with Crippen LogP contribution in [0.1, 0.15) is 42.1 Å². The Morgan fingerprint density at radius 3 is 2.57 bits per heavy atom. The number of primary amides is 1. The Bertz CT molecular complexity index is 1370.